The van der Waals surface area contributed by atoms with Gasteiger partial charge in [-0.1, -0.05) is 23.7 Å². The largest absolute Gasteiger partial charge is 0.416 e. The van der Waals surface area contributed by atoms with E-state index in [9.17, 15) is 18.0 Å². The van der Waals surface area contributed by atoms with E-state index in [0.717, 1.165) is 17.7 Å². The van der Waals surface area contributed by atoms with E-state index in [4.69, 9.17) is 11.6 Å². The Balaban J connectivity index is 2.16. The molecule has 0 amide bonds. The lowest BCUT2D eigenvalue weighted by Gasteiger charge is -2.08. The molecule has 21 heavy (non-hydrogen) atoms. The van der Waals surface area contributed by atoms with Gasteiger partial charge in [0.2, 0.25) is 0 Å². The summed E-state index contributed by atoms with van der Waals surface area (Å²) in [5.74, 6) is -0.180. The van der Waals surface area contributed by atoms with Crippen molar-refractivity contribution in [2.45, 2.75) is 19.5 Å². The van der Waals surface area contributed by atoms with Crippen LogP contribution in [0.4, 0.5) is 13.2 Å². The zero-order chi connectivity index (χ0) is 15.6. The van der Waals surface area contributed by atoms with Crippen molar-refractivity contribution in [1.82, 2.24) is 0 Å². The Hall–Kier alpha value is -1.81. The molecule has 0 fully saturated rings. The molecule has 0 spiro atoms. The van der Waals surface area contributed by atoms with Crippen LogP contribution in [0, 0.1) is 6.92 Å². The second kappa shape index (κ2) is 5.90. The maximum Gasteiger partial charge on any atom is 0.416 e. The van der Waals surface area contributed by atoms with Crippen LogP contribution in [0.5, 0.6) is 0 Å². The molecule has 2 rings (SSSR count). The summed E-state index contributed by atoms with van der Waals surface area (Å²) in [5.41, 5.74) is 1.13. The summed E-state index contributed by atoms with van der Waals surface area (Å²) >= 11 is 5.89. The van der Waals surface area contributed by atoms with Crippen LogP contribution in [0.15, 0.2) is 42.5 Å². The molecule has 5 heteroatoms. The molecule has 0 saturated heterocycles. The summed E-state index contributed by atoms with van der Waals surface area (Å²) < 4.78 is 37.4. The standard InChI is InChI=1S/C16H12ClF3O/c1-10-6-12(9-14(17)7-10)15(21)8-11-2-4-13(5-3-11)16(18,19)20/h2-7,9H,8H2,1H3. The van der Waals surface area contributed by atoms with Crippen LogP contribution in [0.2, 0.25) is 5.02 Å². The topological polar surface area (TPSA) is 17.1 Å². The quantitative estimate of drug-likeness (QED) is 0.721. The fourth-order valence-electron chi connectivity index (χ4n) is 2.00. The van der Waals surface area contributed by atoms with Gasteiger partial charge in [-0.3, -0.25) is 4.79 Å². The first-order valence-corrected chi connectivity index (χ1v) is 6.60. The lowest BCUT2D eigenvalue weighted by molar-refractivity contribution is -0.137. The minimum Gasteiger partial charge on any atom is -0.294 e. The van der Waals surface area contributed by atoms with Gasteiger partial charge in [-0.25, -0.2) is 0 Å². The number of carbonyl (C=O) groups excluding carboxylic acids is 1. The van der Waals surface area contributed by atoms with Crippen molar-refractivity contribution in [3.8, 4) is 0 Å². The summed E-state index contributed by atoms with van der Waals surface area (Å²) in [6.07, 6.45) is -4.33. The number of Topliss-reactive ketones (excluding diaryl/α,β-unsaturated/α-hetero) is 1. The Morgan fingerprint density at radius 3 is 2.24 bits per heavy atom. The van der Waals surface area contributed by atoms with Crippen molar-refractivity contribution in [2.75, 3.05) is 0 Å². The fraction of sp³-hybridized carbons (Fsp3) is 0.188. The summed E-state index contributed by atoms with van der Waals surface area (Å²) in [7, 11) is 0. The molecule has 0 aromatic heterocycles. The Labute approximate surface area is 125 Å². The van der Waals surface area contributed by atoms with Crippen molar-refractivity contribution in [1.29, 1.82) is 0 Å². The molecular formula is C16H12ClF3O. The van der Waals surface area contributed by atoms with Crippen LogP contribution >= 0.6 is 11.6 Å². The van der Waals surface area contributed by atoms with Crippen molar-refractivity contribution < 1.29 is 18.0 Å². The SMILES string of the molecule is Cc1cc(Cl)cc(C(=O)Cc2ccc(C(F)(F)F)cc2)c1. The van der Waals surface area contributed by atoms with Crippen LogP contribution < -0.4 is 0 Å². The van der Waals surface area contributed by atoms with E-state index in [1.165, 1.54) is 12.1 Å². The van der Waals surface area contributed by atoms with Crippen LogP contribution in [0.3, 0.4) is 0 Å². The van der Waals surface area contributed by atoms with E-state index in [1.807, 2.05) is 6.92 Å². The van der Waals surface area contributed by atoms with Gasteiger partial charge in [0, 0.05) is 17.0 Å². The van der Waals surface area contributed by atoms with Gasteiger partial charge < -0.3 is 0 Å². The summed E-state index contributed by atoms with van der Waals surface area (Å²) in [4.78, 5) is 12.1. The maximum atomic E-state index is 12.5. The molecule has 0 aliphatic rings. The molecule has 0 saturated carbocycles. The van der Waals surface area contributed by atoms with E-state index in [2.05, 4.69) is 0 Å². The van der Waals surface area contributed by atoms with Crippen molar-refractivity contribution >= 4 is 17.4 Å². The number of aryl methyl sites for hydroxylation is 1. The van der Waals surface area contributed by atoms with Crippen molar-refractivity contribution in [3.05, 3.63) is 69.7 Å². The Morgan fingerprint density at radius 2 is 1.71 bits per heavy atom. The maximum absolute atomic E-state index is 12.5. The van der Waals surface area contributed by atoms with Gasteiger partial charge in [0.1, 0.15) is 0 Å². The lowest BCUT2D eigenvalue weighted by Crippen LogP contribution is -2.07. The molecule has 0 aliphatic carbocycles. The zero-order valence-electron chi connectivity index (χ0n) is 11.2. The first-order chi connectivity index (χ1) is 9.75. The third-order valence-electron chi connectivity index (χ3n) is 3.01. The van der Waals surface area contributed by atoms with Gasteiger partial charge in [-0.15, -0.1) is 0 Å². The number of halogens is 4. The van der Waals surface area contributed by atoms with E-state index in [0.29, 0.717) is 16.1 Å². The van der Waals surface area contributed by atoms with Gasteiger partial charge in [-0.05, 0) is 48.4 Å². The van der Waals surface area contributed by atoms with Crippen LogP contribution in [-0.4, -0.2) is 5.78 Å². The summed E-state index contributed by atoms with van der Waals surface area (Å²) in [6.45, 7) is 1.82. The van der Waals surface area contributed by atoms with Gasteiger partial charge in [0.05, 0.1) is 5.56 Å². The van der Waals surface area contributed by atoms with Gasteiger partial charge in [-0.2, -0.15) is 13.2 Å². The molecule has 0 N–H and O–H groups in total. The molecule has 0 aliphatic heterocycles. The normalized spacial score (nSPS) is 11.5. The summed E-state index contributed by atoms with van der Waals surface area (Å²) in [5, 5.41) is 0.464. The van der Waals surface area contributed by atoms with Crippen LogP contribution in [0.1, 0.15) is 27.0 Å². The fourth-order valence-corrected chi connectivity index (χ4v) is 2.29. The first kappa shape index (κ1) is 15.6. The second-order valence-corrected chi connectivity index (χ2v) is 5.25. The highest BCUT2D eigenvalue weighted by Gasteiger charge is 2.29. The van der Waals surface area contributed by atoms with Crippen LogP contribution in [-0.2, 0) is 12.6 Å². The molecule has 2 aromatic carbocycles. The third kappa shape index (κ3) is 4.08. The monoisotopic (exact) mass is 312 g/mol. The molecule has 0 heterocycles. The highest BCUT2D eigenvalue weighted by Crippen LogP contribution is 2.29. The number of rotatable bonds is 3. The van der Waals surface area contributed by atoms with E-state index < -0.39 is 11.7 Å². The minimum atomic E-state index is -4.37. The molecular weight excluding hydrogens is 301 g/mol. The molecule has 0 unspecified atom stereocenters. The number of ketones is 1. The van der Waals surface area contributed by atoms with E-state index >= 15 is 0 Å². The summed E-state index contributed by atoms with van der Waals surface area (Å²) in [6, 6.07) is 9.59. The Bertz CT molecular complexity index is 640. The average Bonchev–Trinajstić information content (AvgIpc) is 2.37. The molecule has 110 valence electrons. The Kier molecular flexibility index (Phi) is 4.37. The minimum absolute atomic E-state index is 0.0396. The highest BCUT2D eigenvalue weighted by atomic mass is 35.5. The molecule has 0 radical (unpaired) electrons. The van der Waals surface area contributed by atoms with Crippen LogP contribution in [0.25, 0.3) is 0 Å². The number of carbonyl (C=O) groups is 1. The smallest absolute Gasteiger partial charge is 0.294 e. The van der Waals surface area contributed by atoms with Gasteiger partial charge >= 0.3 is 6.18 Å². The van der Waals surface area contributed by atoms with E-state index in [-0.39, 0.29) is 12.2 Å². The van der Waals surface area contributed by atoms with Crippen molar-refractivity contribution in [2.24, 2.45) is 0 Å². The number of hydrogen-bond donors (Lipinski definition) is 0. The number of alkyl halides is 3. The lowest BCUT2D eigenvalue weighted by atomic mass is 10.0. The molecule has 1 nitrogen and oxygen atoms in total. The number of hydrogen-bond acceptors (Lipinski definition) is 1. The zero-order valence-corrected chi connectivity index (χ0v) is 11.9. The molecule has 0 atom stereocenters. The highest BCUT2D eigenvalue weighted by molar-refractivity contribution is 6.31. The van der Waals surface area contributed by atoms with Crippen molar-refractivity contribution in [3.63, 3.8) is 0 Å². The molecule has 0 bridgehead atoms. The molecule has 2 aromatic rings. The van der Waals surface area contributed by atoms with Gasteiger partial charge in [0.25, 0.3) is 0 Å². The van der Waals surface area contributed by atoms with E-state index in [1.54, 1.807) is 18.2 Å². The predicted molar refractivity (Wildman–Crippen MR) is 75.7 cm³/mol. The Morgan fingerprint density at radius 1 is 1.10 bits per heavy atom. The first-order valence-electron chi connectivity index (χ1n) is 6.22. The predicted octanol–water partition coefficient (Wildman–Crippen LogP) is 5.09. The average molecular weight is 313 g/mol. The second-order valence-electron chi connectivity index (χ2n) is 4.81. The third-order valence-corrected chi connectivity index (χ3v) is 3.23. The number of benzene rings is 2. The van der Waals surface area contributed by atoms with Gasteiger partial charge in [0.15, 0.2) is 5.78 Å².